The number of carbonyl (C=O) groups excluding carboxylic acids is 1. The van der Waals surface area contributed by atoms with E-state index >= 15 is 0 Å². The summed E-state index contributed by atoms with van der Waals surface area (Å²) in [6.07, 6.45) is 2.08. The molecule has 0 aromatic heterocycles. The van der Waals surface area contributed by atoms with E-state index < -0.39 is 39.8 Å². The maximum absolute atomic E-state index is 13.4. The second-order valence-corrected chi connectivity index (χ2v) is 8.80. The van der Waals surface area contributed by atoms with Crippen LogP contribution in [0.2, 0.25) is 0 Å². The van der Waals surface area contributed by atoms with Gasteiger partial charge < -0.3 is 9.29 Å². The molecule has 3 atom stereocenters. The first-order valence-corrected chi connectivity index (χ1v) is 10.4. The lowest BCUT2D eigenvalue weighted by molar-refractivity contribution is -0.156. The maximum atomic E-state index is 13.4. The van der Waals surface area contributed by atoms with Gasteiger partial charge in [0.05, 0.1) is 5.92 Å². The number of carbonyl (C=O) groups is 1. The molecule has 5 nitrogen and oxygen atoms in total. The summed E-state index contributed by atoms with van der Waals surface area (Å²) in [5.41, 5.74) is 4.90. The molecular weight excluding hydrogens is 402 g/mol. The van der Waals surface area contributed by atoms with E-state index in [1.807, 2.05) is 42.5 Å². The second kappa shape index (κ2) is 6.74. The van der Waals surface area contributed by atoms with Crippen LogP contribution in [0.3, 0.4) is 0 Å². The van der Waals surface area contributed by atoms with Crippen molar-refractivity contribution < 1.29 is 31.3 Å². The first-order chi connectivity index (χ1) is 13.6. The molecule has 0 amide bonds. The van der Waals surface area contributed by atoms with Crippen molar-refractivity contribution in [3.05, 3.63) is 76.9 Å². The minimum atomic E-state index is -5.91. The van der Waals surface area contributed by atoms with Crippen molar-refractivity contribution in [1.29, 1.82) is 0 Å². The number of ether oxygens (including phenoxy) is 1. The molecule has 3 aliphatic rings. The summed E-state index contributed by atoms with van der Waals surface area (Å²) in [6, 6.07) is 13.4. The Balaban J connectivity index is 1.69. The van der Waals surface area contributed by atoms with Gasteiger partial charge in [-0.3, -0.25) is 4.79 Å². The molecule has 152 valence electrons. The highest BCUT2D eigenvalue weighted by molar-refractivity contribution is 7.86. The molecule has 0 saturated heterocycles. The van der Waals surface area contributed by atoms with Crippen molar-refractivity contribution in [3.63, 3.8) is 0 Å². The van der Waals surface area contributed by atoms with Gasteiger partial charge in [-0.1, -0.05) is 55.1 Å². The Morgan fingerprint density at radius 1 is 1.17 bits per heavy atom. The smallest absolute Gasteiger partial charge is 0.367 e. The lowest BCUT2D eigenvalue weighted by Gasteiger charge is -2.44. The third kappa shape index (κ3) is 3.16. The van der Waals surface area contributed by atoms with Crippen molar-refractivity contribution in [3.8, 4) is 0 Å². The molecule has 2 aromatic carbocycles. The number of hydrogen-bond acceptors (Lipinski definition) is 5. The van der Waals surface area contributed by atoms with E-state index in [1.54, 1.807) is 6.08 Å². The number of esters is 1. The van der Waals surface area contributed by atoms with Gasteiger partial charge in [0.15, 0.2) is 16.7 Å². The first kappa shape index (κ1) is 19.7. The standard InChI is InChI=1S/C21H18F2O5S/c1-2-12-7-8-15-16(9-12)17-10-18(19(15)14-6-4-3-5-13(14)17)20(24)28-11-21(22,23)29(25,26)27/h2-9,17-19H,1,10-11H2,(H,25,26,27)/p-1. The number of halogens is 2. The molecule has 29 heavy (non-hydrogen) atoms. The van der Waals surface area contributed by atoms with Crippen LogP contribution < -0.4 is 0 Å². The van der Waals surface area contributed by atoms with Crippen LogP contribution in [0.4, 0.5) is 8.78 Å². The highest BCUT2D eigenvalue weighted by Crippen LogP contribution is 2.55. The third-order valence-corrected chi connectivity index (χ3v) is 6.56. The van der Waals surface area contributed by atoms with E-state index in [2.05, 4.69) is 11.3 Å². The Kier molecular flexibility index (Phi) is 4.59. The van der Waals surface area contributed by atoms with Crippen molar-refractivity contribution in [2.24, 2.45) is 5.92 Å². The average Bonchev–Trinajstić information content (AvgIpc) is 2.70. The van der Waals surface area contributed by atoms with Crippen LogP contribution in [0.5, 0.6) is 0 Å². The number of hydrogen-bond donors (Lipinski definition) is 0. The number of benzene rings is 2. The van der Waals surface area contributed by atoms with Crippen LogP contribution in [-0.4, -0.2) is 30.8 Å². The lowest BCUT2D eigenvalue weighted by atomic mass is 9.59. The van der Waals surface area contributed by atoms with Crippen LogP contribution in [0.15, 0.2) is 49.0 Å². The van der Waals surface area contributed by atoms with E-state index in [-0.39, 0.29) is 5.92 Å². The molecule has 8 heteroatoms. The molecule has 3 unspecified atom stereocenters. The monoisotopic (exact) mass is 419 g/mol. The van der Waals surface area contributed by atoms with Crippen molar-refractivity contribution in [2.45, 2.75) is 23.5 Å². The van der Waals surface area contributed by atoms with Gasteiger partial charge in [0.25, 0.3) is 0 Å². The van der Waals surface area contributed by atoms with Crippen LogP contribution in [-0.2, 0) is 19.6 Å². The second-order valence-electron chi connectivity index (χ2n) is 7.29. The Labute approximate surface area is 166 Å². The molecule has 0 fully saturated rings. The zero-order chi connectivity index (χ0) is 21.0. The first-order valence-electron chi connectivity index (χ1n) is 8.99. The molecule has 3 aliphatic carbocycles. The topological polar surface area (TPSA) is 83.5 Å². The molecule has 5 rings (SSSR count). The molecule has 0 aliphatic heterocycles. The molecule has 0 spiro atoms. The fourth-order valence-electron chi connectivity index (χ4n) is 4.40. The summed E-state index contributed by atoms with van der Waals surface area (Å²) >= 11 is 0. The molecule has 2 aromatic rings. The van der Waals surface area contributed by atoms with E-state index in [0.29, 0.717) is 6.42 Å². The van der Waals surface area contributed by atoms with E-state index in [4.69, 9.17) is 0 Å². The Morgan fingerprint density at radius 3 is 2.48 bits per heavy atom. The van der Waals surface area contributed by atoms with E-state index in [0.717, 1.165) is 27.8 Å². The maximum Gasteiger partial charge on any atom is 0.367 e. The summed E-state index contributed by atoms with van der Waals surface area (Å²) in [4.78, 5) is 12.6. The molecule has 2 bridgehead atoms. The summed E-state index contributed by atoms with van der Waals surface area (Å²) < 4.78 is 63.4. The van der Waals surface area contributed by atoms with Gasteiger partial charge in [-0.2, -0.15) is 8.78 Å². The highest BCUT2D eigenvalue weighted by atomic mass is 32.2. The summed E-state index contributed by atoms with van der Waals surface area (Å²) in [7, 11) is -5.91. The molecule has 0 N–H and O–H groups in total. The van der Waals surface area contributed by atoms with Crippen LogP contribution in [0.1, 0.15) is 46.1 Å². The Bertz CT molecular complexity index is 1110. The highest BCUT2D eigenvalue weighted by Gasteiger charge is 2.48. The van der Waals surface area contributed by atoms with Crippen LogP contribution in [0.25, 0.3) is 6.08 Å². The number of alkyl halides is 2. The van der Waals surface area contributed by atoms with Crippen LogP contribution in [0, 0.1) is 5.92 Å². The van der Waals surface area contributed by atoms with Gasteiger partial charge in [0, 0.05) is 11.8 Å². The number of fused-ring (bicyclic) bond motifs is 1. The zero-order valence-electron chi connectivity index (χ0n) is 15.2. The van der Waals surface area contributed by atoms with Gasteiger partial charge in [-0.05, 0) is 34.2 Å². The lowest BCUT2D eigenvalue weighted by Crippen LogP contribution is -2.40. The molecular formula is C21H17F2O5S-. The van der Waals surface area contributed by atoms with Gasteiger partial charge in [-0.25, -0.2) is 8.42 Å². The summed E-state index contributed by atoms with van der Waals surface area (Å²) in [5.74, 6) is -2.19. The van der Waals surface area contributed by atoms with E-state index in [9.17, 15) is 26.5 Å². The largest absolute Gasteiger partial charge is 0.743 e. The van der Waals surface area contributed by atoms with Crippen molar-refractivity contribution in [2.75, 3.05) is 6.61 Å². The summed E-state index contributed by atoms with van der Waals surface area (Å²) in [5, 5.41) is -4.66. The van der Waals surface area contributed by atoms with Gasteiger partial charge in [-0.15, -0.1) is 0 Å². The third-order valence-electron chi connectivity index (χ3n) is 5.71. The minimum Gasteiger partial charge on any atom is -0.743 e. The SMILES string of the molecule is C=Cc1ccc2c(c1)C1CC(C(=O)OCC(F)(F)S(=O)(=O)[O-])C2c2ccccc21. The Morgan fingerprint density at radius 2 is 1.83 bits per heavy atom. The van der Waals surface area contributed by atoms with Gasteiger partial charge in [0.2, 0.25) is 0 Å². The molecule has 0 saturated carbocycles. The minimum absolute atomic E-state index is 0.118. The molecule has 0 heterocycles. The average molecular weight is 419 g/mol. The van der Waals surface area contributed by atoms with Crippen molar-refractivity contribution >= 4 is 22.2 Å². The predicted octanol–water partition coefficient (Wildman–Crippen LogP) is 3.61. The predicted molar refractivity (Wildman–Crippen MR) is 100 cm³/mol. The fourth-order valence-corrected chi connectivity index (χ4v) is 4.60. The van der Waals surface area contributed by atoms with Crippen molar-refractivity contribution in [1.82, 2.24) is 0 Å². The van der Waals surface area contributed by atoms with Crippen LogP contribution >= 0.6 is 0 Å². The molecule has 0 radical (unpaired) electrons. The van der Waals surface area contributed by atoms with Gasteiger partial charge >= 0.3 is 11.2 Å². The fraction of sp³-hybridized carbons (Fsp3) is 0.286. The van der Waals surface area contributed by atoms with Gasteiger partial charge in [0.1, 0.15) is 0 Å². The zero-order valence-corrected chi connectivity index (χ0v) is 16.0. The van der Waals surface area contributed by atoms with E-state index in [1.165, 1.54) is 0 Å². The quantitative estimate of drug-likeness (QED) is 0.546. The normalized spacial score (nSPS) is 22.5. The number of rotatable bonds is 5. The Hall–Kier alpha value is -2.58. The summed E-state index contributed by atoms with van der Waals surface area (Å²) in [6.45, 7) is 1.99.